The maximum atomic E-state index is 5.78. The summed E-state index contributed by atoms with van der Waals surface area (Å²) >= 11 is 0. The second kappa shape index (κ2) is 17.4. The van der Waals surface area contributed by atoms with Crippen LogP contribution in [0.5, 0.6) is 5.75 Å². The summed E-state index contributed by atoms with van der Waals surface area (Å²) in [7, 11) is 0. The van der Waals surface area contributed by atoms with E-state index in [2.05, 4.69) is 37.5 Å². The average Bonchev–Trinajstić information content (AvgIpc) is 2.83. The summed E-state index contributed by atoms with van der Waals surface area (Å²) in [5.41, 5.74) is 1.01. The van der Waals surface area contributed by atoms with Crippen LogP contribution in [0.1, 0.15) is 109 Å². The Morgan fingerprint density at radius 1 is 0.781 bits per heavy atom. The second-order valence-electron chi connectivity index (χ2n) is 9.25. The lowest BCUT2D eigenvalue weighted by atomic mass is 9.80. The first-order valence-electron chi connectivity index (χ1n) is 13.2. The van der Waals surface area contributed by atoms with E-state index in [1.54, 1.807) is 0 Å². The number of ether oxygens (including phenoxy) is 1. The number of benzene rings is 1. The molecule has 32 heavy (non-hydrogen) atoms. The summed E-state index contributed by atoms with van der Waals surface area (Å²) in [6.45, 7) is 5.31. The van der Waals surface area contributed by atoms with Gasteiger partial charge in [0, 0.05) is 11.5 Å². The number of rotatable bonds is 12. The van der Waals surface area contributed by atoms with Crippen molar-refractivity contribution >= 4 is 0 Å². The molecule has 0 amide bonds. The minimum absolute atomic E-state index is 0.582. The van der Waals surface area contributed by atoms with E-state index in [0.29, 0.717) is 5.92 Å². The van der Waals surface area contributed by atoms with Gasteiger partial charge in [-0.1, -0.05) is 95.3 Å². The van der Waals surface area contributed by atoms with Gasteiger partial charge in [0.15, 0.2) is 0 Å². The summed E-state index contributed by atoms with van der Waals surface area (Å²) < 4.78 is 5.78. The van der Waals surface area contributed by atoms with Crippen molar-refractivity contribution in [3.8, 4) is 29.4 Å². The minimum Gasteiger partial charge on any atom is -0.494 e. The summed E-state index contributed by atoms with van der Waals surface area (Å²) in [4.78, 5) is 0. The van der Waals surface area contributed by atoms with Gasteiger partial charge in [-0.25, -0.2) is 0 Å². The predicted molar refractivity (Wildman–Crippen MR) is 139 cm³/mol. The highest BCUT2D eigenvalue weighted by atomic mass is 16.5. The number of unbranched alkanes of at least 4 members (excludes halogenated alkanes) is 7. The summed E-state index contributed by atoms with van der Waals surface area (Å²) in [5, 5.41) is 0. The molecule has 1 aliphatic rings. The highest BCUT2D eigenvalue weighted by Crippen LogP contribution is 2.31. The van der Waals surface area contributed by atoms with Crippen molar-refractivity contribution in [2.24, 2.45) is 11.8 Å². The number of hydrogen-bond donors (Lipinski definition) is 0. The zero-order valence-corrected chi connectivity index (χ0v) is 20.6. The normalized spacial score (nSPS) is 17.9. The largest absolute Gasteiger partial charge is 0.494 e. The lowest BCUT2D eigenvalue weighted by Gasteiger charge is -2.25. The molecule has 1 heteroatoms. The molecule has 0 heterocycles. The molecule has 174 valence electrons. The Kier molecular flexibility index (Phi) is 14.2. The van der Waals surface area contributed by atoms with Gasteiger partial charge in [-0.2, -0.15) is 0 Å². The standard InChI is InChI=1S/C31H44O/c1-3-5-7-9-12-16-28-19-21-29(22-20-28)17-13-10-11-14-18-30-23-25-31(26-24-30)32-27-15-8-6-4-2/h10-11,23-26,28-29H,3-9,12,15-16,19-22,27H2,1-2H3/b11-10+/t28-,29-. The van der Waals surface area contributed by atoms with Crippen LogP contribution in [-0.2, 0) is 0 Å². The van der Waals surface area contributed by atoms with Gasteiger partial charge in [0.25, 0.3) is 0 Å². The Labute approximate surface area is 198 Å². The average molecular weight is 433 g/mol. The number of hydrogen-bond acceptors (Lipinski definition) is 1. The molecule has 2 rings (SSSR count). The number of allylic oxidation sites excluding steroid dienone is 2. The fraction of sp³-hybridized carbons (Fsp3) is 0.613. The highest BCUT2D eigenvalue weighted by molar-refractivity contribution is 5.40. The van der Waals surface area contributed by atoms with Crippen molar-refractivity contribution in [3.05, 3.63) is 42.0 Å². The molecule has 1 saturated carbocycles. The molecule has 0 saturated heterocycles. The van der Waals surface area contributed by atoms with Crippen LogP contribution in [-0.4, -0.2) is 6.61 Å². The quantitative estimate of drug-likeness (QED) is 0.237. The van der Waals surface area contributed by atoms with E-state index in [0.717, 1.165) is 30.3 Å². The van der Waals surface area contributed by atoms with Gasteiger partial charge >= 0.3 is 0 Å². The molecule has 0 atom stereocenters. The maximum absolute atomic E-state index is 5.78. The van der Waals surface area contributed by atoms with Crippen LogP contribution < -0.4 is 4.74 Å². The Morgan fingerprint density at radius 3 is 2.16 bits per heavy atom. The first-order valence-corrected chi connectivity index (χ1v) is 13.2. The molecule has 0 N–H and O–H groups in total. The Bertz CT molecular complexity index is 742. The molecular formula is C31H44O. The molecule has 1 aromatic carbocycles. The molecular weight excluding hydrogens is 388 g/mol. The van der Waals surface area contributed by atoms with Gasteiger partial charge in [0.2, 0.25) is 0 Å². The molecule has 0 aliphatic heterocycles. The molecule has 1 aliphatic carbocycles. The van der Waals surface area contributed by atoms with Crippen molar-refractivity contribution in [2.75, 3.05) is 6.61 Å². The molecule has 0 bridgehead atoms. The van der Waals surface area contributed by atoms with E-state index in [1.807, 2.05) is 36.4 Å². The molecule has 1 nitrogen and oxygen atoms in total. The Hall–Kier alpha value is -2.12. The molecule has 0 spiro atoms. The fourth-order valence-corrected chi connectivity index (χ4v) is 4.36. The van der Waals surface area contributed by atoms with Crippen LogP contribution in [0.15, 0.2) is 36.4 Å². The monoisotopic (exact) mass is 432 g/mol. The first kappa shape index (κ1) is 26.1. The van der Waals surface area contributed by atoms with Gasteiger partial charge in [-0.15, -0.1) is 0 Å². The van der Waals surface area contributed by atoms with Crippen molar-refractivity contribution in [1.29, 1.82) is 0 Å². The van der Waals surface area contributed by atoms with Crippen LogP contribution in [0.4, 0.5) is 0 Å². The van der Waals surface area contributed by atoms with Crippen molar-refractivity contribution in [3.63, 3.8) is 0 Å². The summed E-state index contributed by atoms with van der Waals surface area (Å²) in [5.74, 6) is 15.4. The lowest BCUT2D eigenvalue weighted by molar-refractivity contribution is 0.294. The van der Waals surface area contributed by atoms with Gasteiger partial charge in [0.1, 0.15) is 5.75 Å². The predicted octanol–water partition coefficient (Wildman–Crippen LogP) is 8.72. The zero-order valence-electron chi connectivity index (χ0n) is 20.6. The van der Waals surface area contributed by atoms with Crippen molar-refractivity contribution < 1.29 is 4.74 Å². The molecule has 0 aromatic heterocycles. The SMILES string of the molecule is CCCCCCC[C@H]1CC[C@H](C#C/C=C/C#Cc2ccc(OCCCCCC)cc2)CC1. The highest BCUT2D eigenvalue weighted by Gasteiger charge is 2.19. The van der Waals surface area contributed by atoms with E-state index < -0.39 is 0 Å². The van der Waals surface area contributed by atoms with E-state index in [1.165, 1.54) is 83.5 Å². The Balaban J connectivity index is 1.61. The van der Waals surface area contributed by atoms with Crippen LogP contribution in [0.2, 0.25) is 0 Å². The molecule has 0 unspecified atom stereocenters. The smallest absolute Gasteiger partial charge is 0.119 e. The molecule has 1 aromatic rings. The Morgan fingerprint density at radius 2 is 1.44 bits per heavy atom. The maximum Gasteiger partial charge on any atom is 0.119 e. The van der Waals surface area contributed by atoms with Gasteiger partial charge in [-0.3, -0.25) is 0 Å². The fourth-order valence-electron chi connectivity index (χ4n) is 4.36. The van der Waals surface area contributed by atoms with E-state index >= 15 is 0 Å². The third kappa shape index (κ3) is 12.1. The minimum atomic E-state index is 0.582. The van der Waals surface area contributed by atoms with Crippen LogP contribution >= 0.6 is 0 Å². The van der Waals surface area contributed by atoms with Crippen molar-refractivity contribution in [2.45, 2.75) is 104 Å². The first-order chi connectivity index (χ1) is 15.8. The van der Waals surface area contributed by atoms with Crippen LogP contribution in [0.25, 0.3) is 0 Å². The lowest BCUT2D eigenvalue weighted by Crippen LogP contribution is -2.13. The molecule has 1 fully saturated rings. The van der Waals surface area contributed by atoms with E-state index in [4.69, 9.17) is 4.74 Å². The topological polar surface area (TPSA) is 9.23 Å². The molecule has 0 radical (unpaired) electrons. The summed E-state index contributed by atoms with van der Waals surface area (Å²) in [6.07, 6.45) is 22.4. The van der Waals surface area contributed by atoms with Gasteiger partial charge in [0.05, 0.1) is 6.61 Å². The van der Waals surface area contributed by atoms with E-state index in [9.17, 15) is 0 Å². The summed E-state index contributed by atoms with van der Waals surface area (Å²) in [6, 6.07) is 8.07. The second-order valence-corrected chi connectivity index (χ2v) is 9.25. The van der Waals surface area contributed by atoms with Gasteiger partial charge < -0.3 is 4.74 Å². The third-order valence-corrected chi connectivity index (χ3v) is 6.44. The van der Waals surface area contributed by atoms with Crippen LogP contribution in [0, 0.1) is 35.5 Å². The third-order valence-electron chi connectivity index (χ3n) is 6.44. The van der Waals surface area contributed by atoms with Gasteiger partial charge in [-0.05, 0) is 74.4 Å². The zero-order chi connectivity index (χ0) is 22.7. The van der Waals surface area contributed by atoms with Crippen LogP contribution in [0.3, 0.4) is 0 Å². The van der Waals surface area contributed by atoms with E-state index in [-0.39, 0.29) is 0 Å². The van der Waals surface area contributed by atoms with Crippen molar-refractivity contribution in [1.82, 2.24) is 0 Å².